The van der Waals surface area contributed by atoms with E-state index in [0.717, 1.165) is 22.6 Å². The van der Waals surface area contributed by atoms with Gasteiger partial charge in [-0.2, -0.15) is 0 Å². The number of ether oxygens (including phenoxy) is 3. The molecule has 0 aliphatic carbocycles. The molecule has 0 amide bonds. The van der Waals surface area contributed by atoms with Crippen molar-refractivity contribution in [2.45, 2.75) is 52.1 Å². The molecule has 0 fully saturated rings. The summed E-state index contributed by atoms with van der Waals surface area (Å²) in [5, 5.41) is 0. The Morgan fingerprint density at radius 1 is 0.720 bits per heavy atom. The minimum absolute atomic E-state index is 0.385. The highest BCUT2D eigenvalue weighted by Crippen LogP contribution is 2.50. The lowest BCUT2D eigenvalue weighted by Crippen LogP contribution is -2.33. The summed E-state index contributed by atoms with van der Waals surface area (Å²) in [6, 6.07) is 8.66. The molecular formula is C20H24B2O3. The Kier molecular flexibility index (Phi) is 3.88. The van der Waals surface area contributed by atoms with Gasteiger partial charge in [-0.15, -0.1) is 0 Å². The second-order valence-corrected chi connectivity index (χ2v) is 7.89. The maximum atomic E-state index is 6.36. The maximum Gasteiger partial charge on any atom is 0.233 e. The molecule has 2 aromatic carbocycles. The summed E-state index contributed by atoms with van der Waals surface area (Å²) in [5.41, 5.74) is 6.85. The van der Waals surface area contributed by atoms with Crippen molar-refractivity contribution >= 4 is 26.6 Å². The largest absolute Gasteiger partial charge is 0.459 e. The molecule has 4 rings (SSSR count). The first-order chi connectivity index (χ1) is 11.8. The Morgan fingerprint density at radius 3 is 1.48 bits per heavy atom. The quantitative estimate of drug-likeness (QED) is 0.786. The molecule has 3 nitrogen and oxygen atoms in total. The first-order valence-corrected chi connectivity index (χ1v) is 9.12. The van der Waals surface area contributed by atoms with Gasteiger partial charge in [0.25, 0.3) is 0 Å². The van der Waals surface area contributed by atoms with Gasteiger partial charge in [0.2, 0.25) is 12.6 Å². The first kappa shape index (κ1) is 16.6. The Labute approximate surface area is 151 Å². The molecule has 2 atom stereocenters. The predicted octanol–water partition coefficient (Wildman–Crippen LogP) is 1.95. The third-order valence-corrected chi connectivity index (χ3v) is 5.03. The van der Waals surface area contributed by atoms with E-state index in [-0.39, 0.29) is 0 Å². The molecule has 0 N–H and O–H groups in total. The van der Waals surface area contributed by atoms with E-state index < -0.39 is 12.6 Å². The van der Waals surface area contributed by atoms with Crippen molar-refractivity contribution in [3.63, 3.8) is 0 Å². The van der Waals surface area contributed by atoms with Crippen LogP contribution in [-0.2, 0) is 4.74 Å². The summed E-state index contributed by atoms with van der Waals surface area (Å²) < 4.78 is 18.8. The molecule has 5 heteroatoms. The van der Waals surface area contributed by atoms with Crippen molar-refractivity contribution in [2.24, 2.45) is 0 Å². The lowest BCUT2D eigenvalue weighted by Gasteiger charge is -2.40. The number of hydrogen-bond donors (Lipinski definition) is 0. The van der Waals surface area contributed by atoms with Gasteiger partial charge in [-0.1, -0.05) is 62.9 Å². The van der Waals surface area contributed by atoms with Gasteiger partial charge >= 0.3 is 0 Å². The van der Waals surface area contributed by atoms with Crippen LogP contribution in [0.15, 0.2) is 24.3 Å². The zero-order chi connectivity index (χ0) is 17.9. The van der Waals surface area contributed by atoms with Gasteiger partial charge in [0.1, 0.15) is 27.2 Å². The van der Waals surface area contributed by atoms with Gasteiger partial charge in [0.05, 0.1) is 11.1 Å². The van der Waals surface area contributed by atoms with E-state index in [1.807, 2.05) is 0 Å². The Morgan fingerprint density at radius 2 is 1.12 bits per heavy atom. The third kappa shape index (κ3) is 2.65. The molecule has 2 bridgehead atoms. The Bertz CT molecular complexity index is 776. The summed E-state index contributed by atoms with van der Waals surface area (Å²) in [6.45, 7) is 8.78. The standard InChI is InChI=1S/C20H24B2O3/c1-9(2)13-5-11(21)7-15-17(13)23-20-16-8-12(22)6-14(10(3)4)18(16)24-19(15)25-20/h5-10,19-20H,21-22H2,1-4H3. The van der Waals surface area contributed by atoms with E-state index in [9.17, 15) is 0 Å². The van der Waals surface area contributed by atoms with Crippen LogP contribution in [0.3, 0.4) is 0 Å². The van der Waals surface area contributed by atoms with E-state index in [1.54, 1.807) is 0 Å². The maximum absolute atomic E-state index is 6.36. The monoisotopic (exact) mass is 334 g/mol. The summed E-state index contributed by atoms with van der Waals surface area (Å²) in [4.78, 5) is 0. The minimum atomic E-state index is -0.404. The molecule has 0 spiro atoms. The number of fused-ring (bicyclic) bond motifs is 6. The molecule has 0 saturated heterocycles. The lowest BCUT2D eigenvalue weighted by atomic mass is 9.85. The van der Waals surface area contributed by atoms with Gasteiger partial charge < -0.3 is 9.47 Å². The van der Waals surface area contributed by atoms with E-state index in [0.29, 0.717) is 11.8 Å². The van der Waals surface area contributed by atoms with Crippen LogP contribution in [0.2, 0.25) is 0 Å². The Hall–Kier alpha value is -1.87. The smallest absolute Gasteiger partial charge is 0.233 e. The average Bonchev–Trinajstić information content (AvgIpc) is 2.55. The normalized spacial score (nSPS) is 20.7. The lowest BCUT2D eigenvalue weighted by molar-refractivity contribution is -0.228. The fourth-order valence-electron chi connectivity index (χ4n) is 3.80. The number of benzene rings is 2. The fourth-order valence-corrected chi connectivity index (χ4v) is 3.80. The third-order valence-electron chi connectivity index (χ3n) is 5.03. The predicted molar refractivity (Wildman–Crippen MR) is 105 cm³/mol. The van der Waals surface area contributed by atoms with Crippen LogP contribution < -0.4 is 20.4 Å². The van der Waals surface area contributed by atoms with Gasteiger partial charge in [-0.3, -0.25) is 4.74 Å². The minimum Gasteiger partial charge on any atom is -0.459 e. The Balaban J connectivity index is 1.88. The second-order valence-electron chi connectivity index (χ2n) is 7.89. The highest BCUT2D eigenvalue weighted by atomic mass is 16.8. The van der Waals surface area contributed by atoms with Crippen LogP contribution in [0.4, 0.5) is 0 Å². The topological polar surface area (TPSA) is 27.7 Å². The van der Waals surface area contributed by atoms with Crippen LogP contribution in [0.25, 0.3) is 0 Å². The number of hydrogen-bond acceptors (Lipinski definition) is 3. The van der Waals surface area contributed by atoms with Gasteiger partial charge in [0.15, 0.2) is 0 Å². The molecule has 2 aliphatic heterocycles. The van der Waals surface area contributed by atoms with Crippen molar-refractivity contribution in [3.8, 4) is 11.5 Å². The molecule has 2 aliphatic rings. The molecular weight excluding hydrogens is 310 g/mol. The van der Waals surface area contributed by atoms with E-state index in [1.165, 1.54) is 22.1 Å². The number of rotatable bonds is 2. The summed E-state index contributed by atoms with van der Waals surface area (Å²) in [5.74, 6) is 2.63. The molecule has 0 saturated carbocycles. The molecule has 2 aromatic rings. The zero-order valence-electron chi connectivity index (χ0n) is 15.8. The molecule has 128 valence electrons. The van der Waals surface area contributed by atoms with Crippen LogP contribution in [0, 0.1) is 0 Å². The summed E-state index contributed by atoms with van der Waals surface area (Å²) in [7, 11) is 4.22. The molecule has 25 heavy (non-hydrogen) atoms. The van der Waals surface area contributed by atoms with E-state index in [4.69, 9.17) is 14.2 Å². The van der Waals surface area contributed by atoms with Crippen LogP contribution in [0.5, 0.6) is 11.5 Å². The van der Waals surface area contributed by atoms with Crippen molar-refractivity contribution in [1.82, 2.24) is 0 Å². The molecule has 0 aromatic heterocycles. The molecule has 2 heterocycles. The highest BCUT2D eigenvalue weighted by Gasteiger charge is 2.40. The summed E-state index contributed by atoms with van der Waals surface area (Å²) in [6.07, 6.45) is -0.808. The first-order valence-electron chi connectivity index (χ1n) is 9.12. The van der Waals surface area contributed by atoms with E-state index in [2.05, 4.69) is 67.7 Å². The van der Waals surface area contributed by atoms with Crippen molar-refractivity contribution in [3.05, 3.63) is 46.5 Å². The van der Waals surface area contributed by atoms with Crippen LogP contribution >= 0.6 is 0 Å². The van der Waals surface area contributed by atoms with Crippen LogP contribution in [-0.4, -0.2) is 15.7 Å². The zero-order valence-corrected chi connectivity index (χ0v) is 15.8. The van der Waals surface area contributed by atoms with E-state index >= 15 is 0 Å². The second kappa shape index (κ2) is 5.84. The average molecular weight is 334 g/mol. The van der Waals surface area contributed by atoms with Crippen molar-refractivity contribution < 1.29 is 14.2 Å². The SMILES string of the molecule is Bc1cc(C(C)C)c2c(c1)C1Oc3c(C(C)C)cc(B)cc3C(O2)O1. The molecule has 0 radical (unpaired) electrons. The highest BCUT2D eigenvalue weighted by molar-refractivity contribution is 6.32. The van der Waals surface area contributed by atoms with Crippen molar-refractivity contribution in [1.29, 1.82) is 0 Å². The van der Waals surface area contributed by atoms with Crippen LogP contribution in [0.1, 0.15) is 74.4 Å². The van der Waals surface area contributed by atoms with Crippen molar-refractivity contribution in [2.75, 3.05) is 0 Å². The summed E-state index contributed by atoms with van der Waals surface area (Å²) >= 11 is 0. The molecule has 2 unspecified atom stereocenters. The van der Waals surface area contributed by atoms with Gasteiger partial charge in [-0.05, 0) is 23.0 Å². The fraction of sp³-hybridized carbons (Fsp3) is 0.400. The van der Waals surface area contributed by atoms with Gasteiger partial charge in [-0.25, -0.2) is 0 Å². The van der Waals surface area contributed by atoms with Gasteiger partial charge in [0, 0.05) is 0 Å².